The van der Waals surface area contributed by atoms with E-state index < -0.39 is 16.2 Å². The fraction of sp³-hybridized carbons (Fsp3) is 0.333. The number of aromatic nitrogens is 1. The van der Waals surface area contributed by atoms with Gasteiger partial charge in [-0.25, -0.2) is 9.78 Å². The van der Waals surface area contributed by atoms with Crippen LogP contribution in [0.1, 0.15) is 12.5 Å². The number of benzene rings is 1. The number of carbonyl (C=O) groups excluding carboxylic acids is 1. The van der Waals surface area contributed by atoms with Gasteiger partial charge in [0.15, 0.2) is 9.34 Å². The molecule has 0 unspecified atom stereocenters. The highest BCUT2D eigenvalue weighted by molar-refractivity contribution is 7.88. The minimum atomic E-state index is -4.30. The molecule has 1 N–H and O–H groups in total. The van der Waals surface area contributed by atoms with E-state index in [4.69, 9.17) is 9.29 Å². The average Bonchev–Trinajstić information content (AvgIpc) is 3.17. The Balaban J connectivity index is 1.67. The first-order chi connectivity index (χ1) is 13.4. The summed E-state index contributed by atoms with van der Waals surface area (Å²) in [6.45, 7) is 2.98. The summed E-state index contributed by atoms with van der Waals surface area (Å²) in [5.74, 6) is 5.85. The van der Waals surface area contributed by atoms with Crippen molar-refractivity contribution in [3.63, 3.8) is 0 Å². The van der Waals surface area contributed by atoms with Crippen molar-refractivity contribution in [2.45, 2.75) is 23.8 Å². The molecule has 2 aromatic rings. The largest absolute Gasteiger partial charge is 0.445 e. The maximum atomic E-state index is 12.4. The molecule has 1 amide bonds. The highest BCUT2D eigenvalue weighted by atomic mass is 32.3. The minimum Gasteiger partial charge on any atom is -0.445 e. The first-order valence-corrected chi connectivity index (χ1v) is 10.7. The van der Waals surface area contributed by atoms with Crippen LogP contribution < -0.4 is 4.90 Å². The molecule has 1 atom stereocenters. The van der Waals surface area contributed by atoms with E-state index in [0.717, 1.165) is 23.1 Å². The summed E-state index contributed by atoms with van der Waals surface area (Å²) in [5.41, 5.74) is 0.903. The van der Waals surface area contributed by atoms with Gasteiger partial charge >= 0.3 is 16.2 Å². The van der Waals surface area contributed by atoms with Gasteiger partial charge < -0.3 is 14.5 Å². The van der Waals surface area contributed by atoms with Gasteiger partial charge in [0.05, 0.1) is 12.7 Å². The summed E-state index contributed by atoms with van der Waals surface area (Å²) in [7, 11) is -4.30. The average molecular weight is 422 g/mol. The molecule has 0 aliphatic carbocycles. The van der Waals surface area contributed by atoms with Crippen molar-refractivity contribution in [2.24, 2.45) is 0 Å². The van der Waals surface area contributed by atoms with Crippen LogP contribution >= 0.6 is 11.3 Å². The third-order valence-corrected chi connectivity index (χ3v) is 6.45. The van der Waals surface area contributed by atoms with Crippen molar-refractivity contribution in [2.75, 3.05) is 24.5 Å². The summed E-state index contributed by atoms with van der Waals surface area (Å²) >= 11 is 0.867. The van der Waals surface area contributed by atoms with Crippen molar-refractivity contribution in [3.05, 3.63) is 42.1 Å². The number of amides is 1. The van der Waals surface area contributed by atoms with Crippen LogP contribution in [0, 0.1) is 11.8 Å². The van der Waals surface area contributed by atoms with Crippen molar-refractivity contribution < 1.29 is 22.5 Å². The SMILES string of the molecule is CC#C[C@H]1CN(C(=O)OCc2ccccc2)CCN1c1ncc(S(=O)(=O)O)s1. The molecule has 2 heterocycles. The smallest absolute Gasteiger partial charge is 0.410 e. The first kappa shape index (κ1) is 20.1. The second-order valence-corrected chi connectivity index (χ2v) is 8.68. The van der Waals surface area contributed by atoms with E-state index in [1.165, 1.54) is 0 Å². The van der Waals surface area contributed by atoms with Crippen LogP contribution in [0.5, 0.6) is 0 Å². The standard InChI is InChI=1S/C18H19N3O5S2/c1-2-6-15-12-20(18(22)26-13-14-7-4-3-5-8-14)9-10-21(15)17-19-11-16(27-17)28(23,24)25/h3-5,7-8,11,15H,9-10,12-13H2,1H3,(H,23,24,25)/t15-/m0/s1. The quantitative estimate of drug-likeness (QED) is 0.597. The van der Waals surface area contributed by atoms with Crippen molar-refractivity contribution in [1.82, 2.24) is 9.88 Å². The van der Waals surface area contributed by atoms with E-state index in [0.29, 0.717) is 24.8 Å². The van der Waals surface area contributed by atoms with Gasteiger partial charge in [-0.15, -0.1) is 5.92 Å². The number of nitrogens with zero attached hydrogens (tertiary/aromatic N) is 3. The van der Waals surface area contributed by atoms with Crippen LogP contribution in [-0.2, 0) is 21.5 Å². The molecule has 1 aliphatic heterocycles. The van der Waals surface area contributed by atoms with E-state index in [-0.39, 0.29) is 16.9 Å². The molecule has 1 aromatic carbocycles. The van der Waals surface area contributed by atoms with Gasteiger partial charge in [-0.05, 0) is 12.5 Å². The van der Waals surface area contributed by atoms with Crippen molar-refractivity contribution in [1.29, 1.82) is 0 Å². The van der Waals surface area contributed by atoms with Crippen molar-refractivity contribution in [3.8, 4) is 11.8 Å². The lowest BCUT2D eigenvalue weighted by atomic mass is 10.2. The number of ether oxygens (including phenoxy) is 1. The van der Waals surface area contributed by atoms with Gasteiger partial charge in [0.25, 0.3) is 0 Å². The molecule has 10 heteroatoms. The predicted molar refractivity (Wildman–Crippen MR) is 105 cm³/mol. The van der Waals surface area contributed by atoms with E-state index >= 15 is 0 Å². The zero-order chi connectivity index (χ0) is 20.1. The van der Waals surface area contributed by atoms with Crippen LogP contribution in [0.3, 0.4) is 0 Å². The topological polar surface area (TPSA) is 100 Å². The number of anilines is 1. The zero-order valence-corrected chi connectivity index (χ0v) is 16.7. The second kappa shape index (κ2) is 8.60. The third-order valence-electron chi connectivity index (χ3n) is 4.13. The molecule has 28 heavy (non-hydrogen) atoms. The zero-order valence-electron chi connectivity index (χ0n) is 15.1. The van der Waals surface area contributed by atoms with Gasteiger partial charge in [-0.2, -0.15) is 8.42 Å². The lowest BCUT2D eigenvalue weighted by Crippen LogP contribution is -2.54. The number of thiazole rings is 1. The molecule has 0 radical (unpaired) electrons. The van der Waals surface area contributed by atoms with Crippen LogP contribution in [0.25, 0.3) is 0 Å². The van der Waals surface area contributed by atoms with Crippen LogP contribution in [-0.4, -0.2) is 54.6 Å². The summed E-state index contributed by atoms with van der Waals surface area (Å²) < 4.78 is 36.9. The fourth-order valence-electron chi connectivity index (χ4n) is 2.78. The summed E-state index contributed by atoms with van der Waals surface area (Å²) in [6.07, 6.45) is 0.691. The Kier molecular flexibility index (Phi) is 6.18. The minimum absolute atomic E-state index is 0.189. The normalized spacial score (nSPS) is 17.0. The van der Waals surface area contributed by atoms with Gasteiger partial charge in [0, 0.05) is 13.1 Å². The highest BCUT2D eigenvalue weighted by Crippen LogP contribution is 2.29. The number of carbonyl (C=O) groups is 1. The molecule has 0 bridgehead atoms. The Morgan fingerprint density at radius 2 is 2.11 bits per heavy atom. The molecule has 1 aromatic heterocycles. The van der Waals surface area contributed by atoms with E-state index in [2.05, 4.69) is 16.8 Å². The van der Waals surface area contributed by atoms with Crippen LogP contribution in [0.15, 0.2) is 40.7 Å². The van der Waals surface area contributed by atoms with Crippen LogP contribution in [0.4, 0.5) is 9.93 Å². The van der Waals surface area contributed by atoms with Gasteiger partial charge in [0.1, 0.15) is 12.6 Å². The maximum absolute atomic E-state index is 12.4. The predicted octanol–water partition coefficient (Wildman–Crippen LogP) is 2.24. The Labute approximate surface area is 167 Å². The second-order valence-electron chi connectivity index (χ2n) is 6.03. The van der Waals surface area contributed by atoms with Gasteiger partial charge in [0.2, 0.25) is 0 Å². The Bertz CT molecular complexity index is 995. The number of hydrogen-bond donors (Lipinski definition) is 1. The molecular weight excluding hydrogens is 402 g/mol. The molecule has 3 rings (SSSR count). The lowest BCUT2D eigenvalue weighted by Gasteiger charge is -2.38. The molecule has 1 fully saturated rings. The molecule has 8 nitrogen and oxygen atoms in total. The van der Waals surface area contributed by atoms with Gasteiger partial charge in [-0.3, -0.25) is 4.55 Å². The van der Waals surface area contributed by atoms with E-state index in [9.17, 15) is 13.2 Å². The van der Waals surface area contributed by atoms with E-state index in [1.54, 1.807) is 11.8 Å². The Hall–Kier alpha value is -2.61. The fourth-order valence-corrected chi connectivity index (χ4v) is 4.34. The number of piperazine rings is 1. The van der Waals surface area contributed by atoms with E-state index in [1.807, 2.05) is 35.2 Å². The number of hydrogen-bond acceptors (Lipinski definition) is 7. The summed E-state index contributed by atoms with van der Waals surface area (Å²) in [5, 5.41) is 0.428. The highest BCUT2D eigenvalue weighted by Gasteiger charge is 2.31. The maximum Gasteiger partial charge on any atom is 0.410 e. The Morgan fingerprint density at radius 1 is 1.36 bits per heavy atom. The molecule has 1 saturated heterocycles. The Morgan fingerprint density at radius 3 is 2.75 bits per heavy atom. The molecule has 1 aliphatic rings. The molecular formula is C18H19N3O5S2. The lowest BCUT2D eigenvalue weighted by molar-refractivity contribution is 0.0916. The third kappa shape index (κ3) is 4.81. The first-order valence-electron chi connectivity index (χ1n) is 8.46. The summed E-state index contributed by atoms with van der Waals surface area (Å²) in [6, 6.07) is 9.05. The van der Waals surface area contributed by atoms with Crippen molar-refractivity contribution >= 4 is 32.7 Å². The molecule has 0 spiro atoms. The number of rotatable bonds is 4. The van der Waals surface area contributed by atoms with Gasteiger partial charge in [-0.1, -0.05) is 47.6 Å². The molecule has 0 saturated carbocycles. The summed E-state index contributed by atoms with van der Waals surface area (Å²) in [4.78, 5) is 19.9. The molecule has 148 valence electrons. The van der Waals surface area contributed by atoms with Crippen LogP contribution in [0.2, 0.25) is 0 Å². The monoisotopic (exact) mass is 421 g/mol.